The highest BCUT2D eigenvalue weighted by Crippen LogP contribution is 2.62. The summed E-state index contributed by atoms with van der Waals surface area (Å²) in [5.74, 6) is 0. The lowest BCUT2D eigenvalue weighted by molar-refractivity contribution is 0.669. The SMILES string of the molecule is Cc1cc(N(c2ccccc2)c2ccccc2)cc2oc3ccc(N(c4ccccc4)c4ccc5c(c4)-c4ccccc4C54c5ccccc5Sc5ccccc54)cc3c12. The lowest BCUT2D eigenvalue weighted by atomic mass is 9.67. The van der Waals surface area contributed by atoms with E-state index in [1.807, 2.05) is 11.8 Å². The maximum atomic E-state index is 6.72. The lowest BCUT2D eigenvalue weighted by Crippen LogP contribution is -2.31. The third kappa shape index (κ3) is 5.17. The molecule has 2 aliphatic rings. The van der Waals surface area contributed by atoms with E-state index in [0.29, 0.717) is 0 Å². The van der Waals surface area contributed by atoms with E-state index < -0.39 is 5.41 Å². The van der Waals surface area contributed by atoms with Crippen molar-refractivity contribution in [3.8, 4) is 11.1 Å². The van der Waals surface area contributed by atoms with E-state index in [4.69, 9.17) is 4.42 Å². The van der Waals surface area contributed by atoms with Gasteiger partial charge in [0, 0.05) is 55.1 Å². The number of anilines is 6. The minimum atomic E-state index is -0.415. The van der Waals surface area contributed by atoms with Gasteiger partial charge in [0.25, 0.3) is 0 Å². The van der Waals surface area contributed by atoms with Gasteiger partial charge in [0.15, 0.2) is 0 Å². The zero-order valence-electron chi connectivity index (χ0n) is 32.9. The predicted octanol–water partition coefficient (Wildman–Crippen LogP) is 15.7. The fourth-order valence-electron chi connectivity index (χ4n) is 9.96. The molecule has 0 saturated heterocycles. The quantitative estimate of drug-likeness (QED) is 0.167. The Labute approximate surface area is 353 Å². The van der Waals surface area contributed by atoms with Gasteiger partial charge in [-0.3, -0.25) is 0 Å². The van der Waals surface area contributed by atoms with E-state index in [1.165, 1.54) is 43.2 Å². The van der Waals surface area contributed by atoms with E-state index in [0.717, 1.165) is 61.6 Å². The number of para-hydroxylation sites is 3. The summed E-state index contributed by atoms with van der Waals surface area (Å²) in [7, 11) is 0. The molecule has 10 aromatic rings. The van der Waals surface area contributed by atoms with E-state index in [1.54, 1.807) is 0 Å². The molecular weight excluding hydrogens is 749 g/mol. The number of aryl methyl sites for hydroxylation is 1. The molecule has 0 radical (unpaired) electrons. The molecule has 12 rings (SSSR count). The molecule has 0 atom stereocenters. The Morgan fingerprint density at radius 1 is 0.383 bits per heavy atom. The van der Waals surface area contributed by atoms with Crippen LogP contribution in [0.25, 0.3) is 33.1 Å². The standard InChI is InChI=1S/C56H38N2OS/c1-37-33-43(57(38-17-5-2-6-18-38)39-19-7-3-8-20-39)36-52-55(37)46-35-42(30-32-51(46)59-52)58(40-21-9-4-10-22-40)41-29-31-48-45(34-41)44-23-11-12-24-47(44)56(48)49-25-13-15-27-53(49)60-54-28-16-14-26-50(54)56/h2-36H,1H3. The van der Waals surface area contributed by atoms with Crippen molar-refractivity contribution < 1.29 is 4.42 Å². The maximum Gasteiger partial charge on any atom is 0.137 e. The van der Waals surface area contributed by atoms with Crippen LogP contribution in [0, 0.1) is 6.92 Å². The van der Waals surface area contributed by atoms with E-state index in [2.05, 4.69) is 229 Å². The second-order valence-corrected chi connectivity index (χ2v) is 16.8. The van der Waals surface area contributed by atoms with Crippen molar-refractivity contribution in [2.45, 2.75) is 22.1 Å². The van der Waals surface area contributed by atoms with Gasteiger partial charge in [0.1, 0.15) is 11.2 Å². The van der Waals surface area contributed by atoms with Crippen molar-refractivity contribution in [2.24, 2.45) is 0 Å². The molecule has 0 bridgehead atoms. The van der Waals surface area contributed by atoms with Gasteiger partial charge >= 0.3 is 0 Å². The fraction of sp³-hybridized carbons (Fsp3) is 0.0357. The number of hydrogen-bond acceptors (Lipinski definition) is 4. The average molecular weight is 787 g/mol. The van der Waals surface area contributed by atoms with E-state index >= 15 is 0 Å². The van der Waals surface area contributed by atoms with Gasteiger partial charge in [-0.2, -0.15) is 0 Å². The number of benzene rings is 9. The van der Waals surface area contributed by atoms with Gasteiger partial charge in [-0.25, -0.2) is 0 Å². The summed E-state index contributed by atoms with van der Waals surface area (Å²) in [5, 5.41) is 2.22. The number of hydrogen-bond donors (Lipinski definition) is 0. The molecule has 1 spiro atoms. The Balaban J connectivity index is 1.03. The Kier molecular flexibility index (Phi) is 7.91. The topological polar surface area (TPSA) is 19.6 Å². The van der Waals surface area contributed by atoms with Crippen LogP contribution in [-0.2, 0) is 5.41 Å². The maximum absolute atomic E-state index is 6.72. The molecule has 4 heteroatoms. The third-order valence-electron chi connectivity index (χ3n) is 12.4. The zero-order valence-corrected chi connectivity index (χ0v) is 33.7. The number of furan rings is 1. The lowest BCUT2D eigenvalue weighted by Gasteiger charge is -2.39. The Bertz CT molecular complexity index is 3180. The number of nitrogens with zero attached hydrogens (tertiary/aromatic N) is 2. The van der Waals surface area contributed by atoms with Crippen molar-refractivity contribution >= 4 is 67.8 Å². The van der Waals surface area contributed by atoms with Crippen LogP contribution < -0.4 is 9.80 Å². The highest BCUT2D eigenvalue weighted by atomic mass is 32.2. The number of rotatable bonds is 6. The van der Waals surface area contributed by atoms with Gasteiger partial charge in [-0.05, 0) is 131 Å². The Morgan fingerprint density at radius 2 is 0.883 bits per heavy atom. The van der Waals surface area contributed by atoms with Gasteiger partial charge < -0.3 is 14.2 Å². The van der Waals surface area contributed by atoms with Crippen LogP contribution in [0.5, 0.6) is 0 Å². The van der Waals surface area contributed by atoms with Crippen LogP contribution in [-0.4, -0.2) is 0 Å². The summed E-state index contributed by atoms with van der Waals surface area (Å²) >= 11 is 1.88. The molecule has 1 aliphatic carbocycles. The second kappa shape index (κ2) is 13.7. The Morgan fingerprint density at radius 3 is 1.52 bits per heavy atom. The van der Waals surface area contributed by atoms with Gasteiger partial charge in [0.05, 0.1) is 11.1 Å². The summed E-state index contributed by atoms with van der Waals surface area (Å²) in [5.41, 5.74) is 16.9. The Hall–Kier alpha value is -7.27. The van der Waals surface area contributed by atoms with Crippen molar-refractivity contribution in [2.75, 3.05) is 9.80 Å². The first-order valence-corrected chi connectivity index (χ1v) is 21.3. The summed E-state index contributed by atoms with van der Waals surface area (Å²) in [6, 6.07) is 77.0. The summed E-state index contributed by atoms with van der Waals surface area (Å²) in [4.78, 5) is 7.30. The molecule has 60 heavy (non-hydrogen) atoms. The molecule has 284 valence electrons. The average Bonchev–Trinajstić information content (AvgIpc) is 3.81. The predicted molar refractivity (Wildman–Crippen MR) is 249 cm³/mol. The number of fused-ring (bicyclic) bond motifs is 12. The van der Waals surface area contributed by atoms with Crippen molar-refractivity contribution in [1.29, 1.82) is 0 Å². The monoisotopic (exact) mass is 786 g/mol. The second-order valence-electron chi connectivity index (χ2n) is 15.7. The summed E-state index contributed by atoms with van der Waals surface area (Å²) < 4.78 is 6.72. The van der Waals surface area contributed by atoms with Crippen LogP contribution in [0.1, 0.15) is 27.8 Å². The van der Waals surface area contributed by atoms with E-state index in [9.17, 15) is 0 Å². The molecule has 0 unspecified atom stereocenters. The minimum Gasteiger partial charge on any atom is -0.456 e. The molecule has 0 N–H and O–H groups in total. The van der Waals surface area contributed by atoms with Gasteiger partial charge in [0.2, 0.25) is 0 Å². The molecule has 1 aromatic heterocycles. The molecule has 3 nitrogen and oxygen atoms in total. The van der Waals surface area contributed by atoms with Gasteiger partial charge in [-0.15, -0.1) is 0 Å². The van der Waals surface area contributed by atoms with Gasteiger partial charge in [-0.1, -0.05) is 133 Å². The zero-order chi connectivity index (χ0) is 39.8. The molecule has 1 aliphatic heterocycles. The molecule has 2 heterocycles. The van der Waals surface area contributed by atoms with Crippen LogP contribution in [0.15, 0.2) is 227 Å². The molecule has 0 saturated carbocycles. The van der Waals surface area contributed by atoms with Crippen LogP contribution in [0.3, 0.4) is 0 Å². The molecule has 0 amide bonds. The largest absolute Gasteiger partial charge is 0.456 e. The minimum absolute atomic E-state index is 0.415. The molecular formula is C56H38N2OS. The third-order valence-corrected chi connectivity index (χ3v) is 13.5. The molecule has 9 aromatic carbocycles. The van der Waals surface area contributed by atoms with Crippen molar-refractivity contribution in [1.82, 2.24) is 0 Å². The summed E-state index contributed by atoms with van der Waals surface area (Å²) in [6.07, 6.45) is 0. The first kappa shape index (κ1) is 34.7. The first-order valence-electron chi connectivity index (χ1n) is 20.5. The van der Waals surface area contributed by atoms with Crippen LogP contribution >= 0.6 is 11.8 Å². The van der Waals surface area contributed by atoms with E-state index in [-0.39, 0.29) is 0 Å². The smallest absolute Gasteiger partial charge is 0.137 e. The summed E-state index contributed by atoms with van der Waals surface area (Å²) in [6.45, 7) is 2.20. The van der Waals surface area contributed by atoms with Crippen LogP contribution in [0.2, 0.25) is 0 Å². The van der Waals surface area contributed by atoms with Crippen molar-refractivity contribution in [3.05, 3.63) is 240 Å². The highest BCUT2D eigenvalue weighted by molar-refractivity contribution is 7.99. The van der Waals surface area contributed by atoms with Crippen molar-refractivity contribution in [3.63, 3.8) is 0 Å². The normalized spacial score (nSPS) is 13.2. The first-order chi connectivity index (χ1) is 29.7. The highest BCUT2D eigenvalue weighted by Gasteiger charge is 2.50. The fourth-order valence-corrected chi connectivity index (χ4v) is 11.2. The van der Waals surface area contributed by atoms with Crippen LogP contribution in [0.4, 0.5) is 34.1 Å². The molecule has 0 fully saturated rings.